The van der Waals surface area contributed by atoms with Crippen molar-refractivity contribution in [2.75, 3.05) is 37.6 Å². The van der Waals surface area contributed by atoms with E-state index in [4.69, 9.17) is 31.7 Å². The fourth-order valence-corrected chi connectivity index (χ4v) is 5.71. The van der Waals surface area contributed by atoms with Crippen LogP contribution in [0.25, 0.3) is 30.6 Å². The van der Waals surface area contributed by atoms with Gasteiger partial charge >= 0.3 is 0 Å². The molecular weight excluding hydrogens is 559 g/mol. The average Bonchev–Trinajstić information content (AvgIpc) is 3.71. The monoisotopic (exact) mass is 585 g/mol. The quantitative estimate of drug-likeness (QED) is 0.117. The van der Waals surface area contributed by atoms with E-state index in [2.05, 4.69) is 31.2 Å². The Hall–Kier alpha value is -3.99. The normalized spacial score (nSPS) is 10.3. The number of hydrogen-bond acceptors (Lipinski definition) is 15. The predicted octanol–water partition coefficient (Wildman–Crippen LogP) is 4.77. The largest absolute Gasteiger partial charge is 0.497 e. The summed E-state index contributed by atoms with van der Waals surface area (Å²) in [7, 11) is 4.84. The summed E-state index contributed by atoms with van der Waals surface area (Å²) < 4.78 is 18.7. The molecule has 15 heteroatoms. The number of ether oxygens (including phenoxy) is 3. The number of anilines is 3. The van der Waals surface area contributed by atoms with Gasteiger partial charge in [0.25, 0.3) is 0 Å². The molecule has 9 N–H and O–H groups in total. The van der Waals surface area contributed by atoms with E-state index in [-0.39, 0.29) is 0 Å². The molecule has 204 valence electrons. The summed E-state index contributed by atoms with van der Waals surface area (Å²) in [5.74, 6) is 17.9. The first-order valence-corrected chi connectivity index (χ1v) is 13.7. The molecule has 0 radical (unpaired) electrons. The molecule has 0 bridgehead atoms. The van der Waals surface area contributed by atoms with Crippen molar-refractivity contribution in [3.63, 3.8) is 0 Å². The number of nitrogens with zero attached hydrogens (tertiary/aromatic N) is 3. The highest BCUT2D eigenvalue weighted by atomic mass is 32.1. The van der Waals surface area contributed by atoms with Crippen LogP contribution in [0.5, 0.6) is 17.2 Å². The van der Waals surface area contributed by atoms with Crippen LogP contribution in [-0.2, 0) is 0 Å². The number of fused-ring (bicyclic) bond motifs is 3. The summed E-state index contributed by atoms with van der Waals surface area (Å²) in [6, 6.07) is 17.4. The minimum absolute atomic E-state index is 0.666. The van der Waals surface area contributed by atoms with Crippen molar-refractivity contribution in [1.29, 1.82) is 0 Å². The lowest BCUT2D eigenvalue weighted by atomic mass is 10.3. The van der Waals surface area contributed by atoms with Gasteiger partial charge in [0, 0.05) is 12.1 Å². The molecule has 3 heterocycles. The smallest absolute Gasteiger partial charge is 0.198 e. The zero-order chi connectivity index (χ0) is 27.8. The first-order chi connectivity index (χ1) is 19.0. The van der Waals surface area contributed by atoms with Gasteiger partial charge in [0.1, 0.15) is 5.75 Å². The van der Waals surface area contributed by atoms with E-state index in [1.807, 2.05) is 54.6 Å². The molecular formula is C24H27N9O3S3. The van der Waals surface area contributed by atoms with Crippen molar-refractivity contribution < 1.29 is 14.2 Å². The molecule has 0 unspecified atom stereocenters. The minimum atomic E-state index is 0.666. The summed E-state index contributed by atoms with van der Waals surface area (Å²) in [4.78, 5) is 12.7. The summed E-state index contributed by atoms with van der Waals surface area (Å²) in [5.41, 5.74) is 10.3. The molecule has 0 fully saturated rings. The zero-order valence-electron chi connectivity index (χ0n) is 21.2. The summed E-state index contributed by atoms with van der Waals surface area (Å²) in [6.45, 7) is 0. The van der Waals surface area contributed by atoms with Gasteiger partial charge in [0.15, 0.2) is 26.9 Å². The standard InChI is InChI=1S/C9H11N3O2S.C8H9N3OS.C7H7N3S/c1-13-6-3-5-8(4-7(6)14-2)15-9(11-5)12-10;1-12-5-2-3-6-7(4-5)13-8(10-6)11-9;8-10-7-9-5-3-1-2-4-6(5)11-7/h3-4H,10H2,1-2H3,(H,11,12);2-4H,9H2,1H3,(H,10,11);1-4H,8H2,(H,9,10). The first-order valence-electron chi connectivity index (χ1n) is 11.2. The Morgan fingerprint density at radius 3 is 1.64 bits per heavy atom. The van der Waals surface area contributed by atoms with Crippen LogP contribution in [0.2, 0.25) is 0 Å². The van der Waals surface area contributed by atoms with Crippen LogP contribution in [0, 0.1) is 0 Å². The maximum atomic E-state index is 5.29. The van der Waals surface area contributed by atoms with Crippen LogP contribution in [0.3, 0.4) is 0 Å². The van der Waals surface area contributed by atoms with Gasteiger partial charge in [-0.2, -0.15) is 0 Å². The number of hydrogen-bond donors (Lipinski definition) is 6. The Bertz CT molecular complexity index is 1590. The van der Waals surface area contributed by atoms with Crippen molar-refractivity contribution in [1.82, 2.24) is 15.0 Å². The summed E-state index contributed by atoms with van der Waals surface area (Å²) in [5, 5.41) is 2.13. The molecule has 0 aliphatic heterocycles. The van der Waals surface area contributed by atoms with Crippen LogP contribution >= 0.6 is 34.0 Å². The molecule has 0 saturated heterocycles. The number of hydrazine groups is 3. The van der Waals surface area contributed by atoms with Crippen molar-refractivity contribution in [3.8, 4) is 17.2 Å². The number of rotatable bonds is 6. The van der Waals surface area contributed by atoms with Gasteiger partial charge in [-0.15, -0.1) is 0 Å². The average molecular weight is 586 g/mol. The third-order valence-corrected chi connectivity index (χ3v) is 8.02. The SMILES string of the molecule is COc1cc2nc(NN)sc2cc1OC.COc1ccc2nc(NN)sc2c1.NNc1nc2ccccc2s1. The fraction of sp³-hybridized carbons (Fsp3) is 0.125. The maximum Gasteiger partial charge on any atom is 0.198 e. The van der Waals surface area contributed by atoms with E-state index in [9.17, 15) is 0 Å². The number of nitrogen functional groups attached to an aromatic ring is 3. The van der Waals surface area contributed by atoms with E-state index in [1.54, 1.807) is 32.7 Å². The minimum Gasteiger partial charge on any atom is -0.497 e. The van der Waals surface area contributed by atoms with E-state index >= 15 is 0 Å². The molecule has 0 spiro atoms. The highest BCUT2D eigenvalue weighted by Crippen LogP contribution is 2.35. The van der Waals surface area contributed by atoms with Gasteiger partial charge in [-0.1, -0.05) is 46.1 Å². The van der Waals surface area contributed by atoms with Crippen LogP contribution < -0.4 is 48.0 Å². The van der Waals surface area contributed by atoms with Crippen LogP contribution in [-0.4, -0.2) is 36.3 Å². The Balaban J connectivity index is 0.000000137. The number of thiazole rings is 3. The van der Waals surface area contributed by atoms with Crippen LogP contribution in [0.15, 0.2) is 54.6 Å². The van der Waals surface area contributed by atoms with Crippen LogP contribution in [0.1, 0.15) is 0 Å². The maximum absolute atomic E-state index is 5.29. The Morgan fingerprint density at radius 1 is 0.564 bits per heavy atom. The van der Waals surface area contributed by atoms with Crippen molar-refractivity contribution in [2.45, 2.75) is 0 Å². The molecule has 12 nitrogen and oxygen atoms in total. The van der Waals surface area contributed by atoms with Crippen molar-refractivity contribution in [3.05, 3.63) is 54.6 Å². The predicted molar refractivity (Wildman–Crippen MR) is 162 cm³/mol. The topological polar surface area (TPSA) is 181 Å². The van der Waals surface area contributed by atoms with E-state index < -0.39 is 0 Å². The second kappa shape index (κ2) is 13.2. The van der Waals surface area contributed by atoms with Crippen LogP contribution in [0.4, 0.5) is 15.4 Å². The van der Waals surface area contributed by atoms with Gasteiger partial charge in [-0.25, -0.2) is 32.5 Å². The van der Waals surface area contributed by atoms with Gasteiger partial charge in [-0.3, -0.25) is 16.3 Å². The van der Waals surface area contributed by atoms with Gasteiger partial charge in [0.05, 0.1) is 52.0 Å². The lowest BCUT2D eigenvalue weighted by molar-refractivity contribution is 0.356. The van der Waals surface area contributed by atoms with E-state index in [0.717, 1.165) is 41.5 Å². The van der Waals surface area contributed by atoms with E-state index in [1.165, 1.54) is 22.7 Å². The molecule has 3 aromatic carbocycles. The summed E-state index contributed by atoms with van der Waals surface area (Å²) >= 11 is 4.51. The second-order valence-electron chi connectivity index (χ2n) is 7.47. The highest BCUT2D eigenvalue weighted by molar-refractivity contribution is 7.22. The number of benzene rings is 3. The molecule has 6 aromatic rings. The molecule has 3 aromatic heterocycles. The lowest BCUT2D eigenvalue weighted by Gasteiger charge is -2.05. The molecule has 0 saturated carbocycles. The Labute approximate surface area is 235 Å². The molecule has 6 rings (SSSR count). The Kier molecular flexibility index (Phi) is 9.48. The Morgan fingerprint density at radius 2 is 1.08 bits per heavy atom. The first kappa shape index (κ1) is 28.0. The third kappa shape index (κ3) is 6.72. The molecule has 0 aliphatic rings. The highest BCUT2D eigenvalue weighted by Gasteiger charge is 2.09. The van der Waals surface area contributed by atoms with Crippen molar-refractivity contribution in [2.24, 2.45) is 17.5 Å². The fourth-order valence-electron chi connectivity index (χ4n) is 3.34. The number of nitrogens with two attached hydrogens (primary N) is 3. The number of aromatic nitrogens is 3. The van der Waals surface area contributed by atoms with Crippen molar-refractivity contribution >= 4 is 80.1 Å². The molecule has 0 atom stereocenters. The van der Waals surface area contributed by atoms with Gasteiger partial charge in [0.2, 0.25) is 0 Å². The third-order valence-electron chi connectivity index (χ3n) is 5.15. The number of nitrogens with one attached hydrogen (secondary N) is 3. The second-order valence-corrected chi connectivity index (χ2v) is 10.6. The lowest BCUT2D eigenvalue weighted by Crippen LogP contribution is -2.05. The van der Waals surface area contributed by atoms with Gasteiger partial charge in [-0.05, 0) is 30.3 Å². The number of para-hydroxylation sites is 1. The molecule has 0 amide bonds. The van der Waals surface area contributed by atoms with Gasteiger partial charge < -0.3 is 14.2 Å². The zero-order valence-corrected chi connectivity index (χ0v) is 23.7. The van der Waals surface area contributed by atoms with E-state index in [0.29, 0.717) is 21.8 Å². The summed E-state index contributed by atoms with van der Waals surface area (Å²) in [6.07, 6.45) is 0. The number of methoxy groups -OCH3 is 3. The molecule has 0 aliphatic carbocycles. The molecule has 39 heavy (non-hydrogen) atoms.